The van der Waals surface area contributed by atoms with Gasteiger partial charge in [0.05, 0.1) is 13.2 Å². The predicted molar refractivity (Wildman–Crippen MR) is 75.9 cm³/mol. The third-order valence-electron chi connectivity index (χ3n) is 2.16. The molecule has 4 heteroatoms. The molecule has 1 rings (SSSR count). The van der Waals surface area contributed by atoms with Gasteiger partial charge in [0.15, 0.2) is 5.96 Å². The van der Waals surface area contributed by atoms with Gasteiger partial charge in [0.2, 0.25) is 0 Å². The summed E-state index contributed by atoms with van der Waals surface area (Å²) in [5, 5.41) is 3.03. The molecule has 98 valence electrons. The molecule has 0 amide bonds. The number of benzene rings is 1. The number of rotatable bonds is 7. The minimum absolute atomic E-state index is 0.456. The summed E-state index contributed by atoms with van der Waals surface area (Å²) in [4.78, 5) is 4.12. The van der Waals surface area contributed by atoms with Gasteiger partial charge < -0.3 is 15.8 Å². The Labute approximate surface area is 109 Å². The second-order valence-electron chi connectivity index (χ2n) is 4.10. The highest BCUT2D eigenvalue weighted by atomic mass is 16.5. The van der Waals surface area contributed by atoms with Gasteiger partial charge >= 0.3 is 0 Å². The summed E-state index contributed by atoms with van der Waals surface area (Å²) >= 11 is 0. The van der Waals surface area contributed by atoms with Crippen LogP contribution in [0.4, 0.5) is 0 Å². The van der Waals surface area contributed by atoms with E-state index in [0.717, 1.165) is 24.3 Å². The van der Waals surface area contributed by atoms with Gasteiger partial charge in [0.25, 0.3) is 0 Å². The first-order valence-corrected chi connectivity index (χ1v) is 6.04. The van der Waals surface area contributed by atoms with Crippen molar-refractivity contribution in [3.63, 3.8) is 0 Å². The number of nitrogens with one attached hydrogen (secondary N) is 1. The third-order valence-corrected chi connectivity index (χ3v) is 2.16. The lowest BCUT2D eigenvalue weighted by Crippen LogP contribution is -2.33. The Hall–Kier alpha value is -1.97. The van der Waals surface area contributed by atoms with Crippen LogP contribution >= 0.6 is 0 Å². The molecule has 0 atom stereocenters. The van der Waals surface area contributed by atoms with Crippen molar-refractivity contribution in [3.8, 4) is 5.75 Å². The van der Waals surface area contributed by atoms with Crippen molar-refractivity contribution >= 4 is 5.96 Å². The number of nitrogens with zero attached hydrogens (tertiary/aromatic N) is 1. The third kappa shape index (κ3) is 6.58. The standard InChI is InChI=1S/C14H21N3O/c1-12(2)11-17-14(15)16-9-6-10-18-13-7-4-3-5-8-13/h3-5,7-8H,1,6,9-11H2,2H3,(H3,15,16,17). The summed E-state index contributed by atoms with van der Waals surface area (Å²) in [5.41, 5.74) is 6.67. The lowest BCUT2D eigenvalue weighted by molar-refractivity contribution is 0.311. The van der Waals surface area contributed by atoms with Gasteiger partial charge in [0, 0.05) is 6.54 Å². The molecule has 0 aromatic heterocycles. The van der Waals surface area contributed by atoms with Crippen molar-refractivity contribution in [2.75, 3.05) is 19.7 Å². The normalized spacial score (nSPS) is 11.1. The molecule has 0 heterocycles. The van der Waals surface area contributed by atoms with Gasteiger partial charge in [-0.2, -0.15) is 0 Å². The average molecular weight is 247 g/mol. The highest BCUT2D eigenvalue weighted by Crippen LogP contribution is 2.07. The van der Waals surface area contributed by atoms with Crippen molar-refractivity contribution in [1.29, 1.82) is 0 Å². The van der Waals surface area contributed by atoms with Crippen LogP contribution in [0.25, 0.3) is 0 Å². The zero-order valence-corrected chi connectivity index (χ0v) is 10.9. The first kappa shape index (κ1) is 14.1. The molecule has 0 aliphatic rings. The van der Waals surface area contributed by atoms with Gasteiger partial charge in [0.1, 0.15) is 5.75 Å². The van der Waals surface area contributed by atoms with Gasteiger partial charge in [-0.15, -0.1) is 0 Å². The van der Waals surface area contributed by atoms with Crippen LogP contribution in [-0.2, 0) is 0 Å². The topological polar surface area (TPSA) is 59.6 Å². The van der Waals surface area contributed by atoms with Gasteiger partial charge in [-0.3, -0.25) is 0 Å². The Morgan fingerprint density at radius 1 is 1.39 bits per heavy atom. The van der Waals surface area contributed by atoms with E-state index in [1.54, 1.807) is 0 Å². The summed E-state index contributed by atoms with van der Waals surface area (Å²) in [5.74, 6) is 1.35. The lowest BCUT2D eigenvalue weighted by atomic mass is 10.3. The molecule has 0 spiro atoms. The van der Waals surface area contributed by atoms with E-state index in [0.29, 0.717) is 19.1 Å². The molecule has 4 nitrogen and oxygen atoms in total. The molecule has 1 aromatic rings. The maximum Gasteiger partial charge on any atom is 0.188 e. The highest BCUT2D eigenvalue weighted by molar-refractivity contribution is 5.77. The zero-order valence-electron chi connectivity index (χ0n) is 10.9. The Kier molecular flexibility index (Phi) is 6.40. The Bertz CT molecular complexity index is 387. The maximum atomic E-state index is 5.67. The molecule has 0 radical (unpaired) electrons. The minimum atomic E-state index is 0.456. The predicted octanol–water partition coefficient (Wildman–Crippen LogP) is 1.94. The fourth-order valence-electron chi connectivity index (χ4n) is 1.27. The molecule has 0 bridgehead atoms. The lowest BCUT2D eigenvalue weighted by Gasteiger charge is -2.07. The molecular formula is C14H21N3O. The van der Waals surface area contributed by atoms with E-state index in [2.05, 4.69) is 16.9 Å². The number of para-hydroxylation sites is 1. The van der Waals surface area contributed by atoms with Gasteiger partial charge in [-0.25, -0.2) is 4.99 Å². The van der Waals surface area contributed by atoms with E-state index < -0.39 is 0 Å². The fourth-order valence-corrected chi connectivity index (χ4v) is 1.27. The monoisotopic (exact) mass is 247 g/mol. The summed E-state index contributed by atoms with van der Waals surface area (Å²) in [6.45, 7) is 7.66. The number of ether oxygens (including phenoxy) is 1. The van der Waals surface area contributed by atoms with Crippen molar-refractivity contribution in [3.05, 3.63) is 42.5 Å². The number of hydrogen-bond acceptors (Lipinski definition) is 2. The second-order valence-corrected chi connectivity index (χ2v) is 4.10. The molecule has 0 saturated carbocycles. The molecular weight excluding hydrogens is 226 g/mol. The average Bonchev–Trinajstić information content (AvgIpc) is 2.37. The van der Waals surface area contributed by atoms with Crippen LogP contribution in [0.15, 0.2) is 47.5 Å². The first-order chi connectivity index (χ1) is 8.68. The highest BCUT2D eigenvalue weighted by Gasteiger charge is 1.93. The van der Waals surface area contributed by atoms with E-state index in [1.807, 2.05) is 37.3 Å². The van der Waals surface area contributed by atoms with Crippen molar-refractivity contribution < 1.29 is 4.74 Å². The van der Waals surface area contributed by atoms with Crippen LogP contribution in [0.2, 0.25) is 0 Å². The van der Waals surface area contributed by atoms with E-state index in [1.165, 1.54) is 0 Å². The van der Waals surface area contributed by atoms with Crippen LogP contribution < -0.4 is 15.8 Å². The first-order valence-electron chi connectivity index (χ1n) is 6.04. The van der Waals surface area contributed by atoms with Crippen LogP contribution in [0.5, 0.6) is 5.75 Å². The number of nitrogens with two attached hydrogens (primary N) is 1. The SMILES string of the molecule is C=C(C)CN=C(N)NCCCOc1ccccc1. The van der Waals surface area contributed by atoms with Crippen molar-refractivity contribution in [2.24, 2.45) is 10.7 Å². The Balaban J connectivity index is 2.08. The fraction of sp³-hybridized carbons (Fsp3) is 0.357. The minimum Gasteiger partial charge on any atom is -0.494 e. The zero-order chi connectivity index (χ0) is 13.2. The summed E-state index contributed by atoms with van der Waals surface area (Å²) < 4.78 is 5.55. The quantitative estimate of drug-likeness (QED) is 0.335. The van der Waals surface area contributed by atoms with E-state index in [-0.39, 0.29) is 0 Å². The molecule has 0 fully saturated rings. The Morgan fingerprint density at radius 2 is 2.11 bits per heavy atom. The van der Waals surface area contributed by atoms with Crippen LogP contribution in [0, 0.1) is 0 Å². The maximum absolute atomic E-state index is 5.67. The molecule has 0 unspecified atom stereocenters. The smallest absolute Gasteiger partial charge is 0.188 e. The summed E-state index contributed by atoms with van der Waals surface area (Å²) in [6, 6.07) is 9.76. The van der Waals surface area contributed by atoms with Crippen LogP contribution in [0.1, 0.15) is 13.3 Å². The van der Waals surface area contributed by atoms with Crippen molar-refractivity contribution in [2.45, 2.75) is 13.3 Å². The van der Waals surface area contributed by atoms with Crippen LogP contribution in [-0.4, -0.2) is 25.7 Å². The summed E-state index contributed by atoms with van der Waals surface area (Å²) in [6.07, 6.45) is 0.873. The Morgan fingerprint density at radius 3 is 2.78 bits per heavy atom. The van der Waals surface area contributed by atoms with E-state index in [9.17, 15) is 0 Å². The van der Waals surface area contributed by atoms with Crippen molar-refractivity contribution in [1.82, 2.24) is 5.32 Å². The van der Waals surface area contributed by atoms with Crippen LogP contribution in [0.3, 0.4) is 0 Å². The molecule has 18 heavy (non-hydrogen) atoms. The molecule has 1 aromatic carbocycles. The number of guanidine groups is 1. The molecule has 0 saturated heterocycles. The van der Waals surface area contributed by atoms with E-state index in [4.69, 9.17) is 10.5 Å². The molecule has 0 aliphatic carbocycles. The van der Waals surface area contributed by atoms with Gasteiger partial charge in [-0.1, -0.05) is 30.4 Å². The largest absolute Gasteiger partial charge is 0.494 e. The van der Waals surface area contributed by atoms with Gasteiger partial charge in [-0.05, 0) is 25.5 Å². The number of hydrogen-bond donors (Lipinski definition) is 2. The van der Waals surface area contributed by atoms with E-state index >= 15 is 0 Å². The second kappa shape index (κ2) is 8.17. The molecule has 3 N–H and O–H groups in total. The molecule has 0 aliphatic heterocycles. The summed E-state index contributed by atoms with van der Waals surface area (Å²) in [7, 11) is 0. The number of aliphatic imine (C=N–C) groups is 1.